The van der Waals surface area contributed by atoms with E-state index >= 15 is 0 Å². The first kappa shape index (κ1) is 14.3. The number of aromatic nitrogens is 2. The van der Waals surface area contributed by atoms with Crippen LogP contribution in [0.4, 0.5) is 0 Å². The first-order valence-electron chi connectivity index (χ1n) is 8.09. The van der Waals surface area contributed by atoms with Crippen molar-refractivity contribution >= 4 is 0 Å². The van der Waals surface area contributed by atoms with Gasteiger partial charge in [-0.1, -0.05) is 37.6 Å². The third-order valence-corrected chi connectivity index (χ3v) is 4.47. The maximum absolute atomic E-state index is 4.53. The molecule has 1 aliphatic carbocycles. The van der Waals surface area contributed by atoms with Gasteiger partial charge in [0.2, 0.25) is 0 Å². The van der Waals surface area contributed by atoms with Crippen LogP contribution in [0, 0.1) is 0 Å². The Morgan fingerprint density at radius 1 is 1.29 bits per heavy atom. The van der Waals surface area contributed by atoms with Crippen LogP contribution in [0.5, 0.6) is 0 Å². The van der Waals surface area contributed by atoms with Gasteiger partial charge in [-0.15, -0.1) is 0 Å². The number of imidazole rings is 1. The summed E-state index contributed by atoms with van der Waals surface area (Å²) in [5, 5.41) is 3.62. The van der Waals surface area contributed by atoms with Crippen LogP contribution in [0.3, 0.4) is 0 Å². The molecule has 1 aromatic carbocycles. The van der Waals surface area contributed by atoms with Crippen molar-refractivity contribution < 1.29 is 0 Å². The molecule has 2 aromatic rings. The zero-order valence-corrected chi connectivity index (χ0v) is 13.0. The quantitative estimate of drug-likeness (QED) is 0.874. The topological polar surface area (TPSA) is 29.9 Å². The van der Waals surface area contributed by atoms with Gasteiger partial charge in [0, 0.05) is 13.2 Å². The molecule has 0 saturated heterocycles. The standard InChI is InChI=1S/C18H25N3/c1-3-11-19-18(17-12-21(2)13-20-17)16-9-7-15(8-10-16)14-5-4-6-14/h7-10,12-14,18-19H,3-6,11H2,1-2H3. The summed E-state index contributed by atoms with van der Waals surface area (Å²) in [5.74, 6) is 0.802. The van der Waals surface area contributed by atoms with E-state index in [4.69, 9.17) is 0 Å². The van der Waals surface area contributed by atoms with Gasteiger partial charge in [0.1, 0.15) is 0 Å². The fourth-order valence-electron chi connectivity index (χ4n) is 2.97. The highest BCUT2D eigenvalue weighted by atomic mass is 15.0. The fraction of sp³-hybridized carbons (Fsp3) is 0.500. The Bertz CT molecular complexity index is 566. The van der Waals surface area contributed by atoms with E-state index in [0.29, 0.717) is 0 Å². The molecule has 3 rings (SSSR count). The smallest absolute Gasteiger partial charge is 0.0947 e. The first-order chi connectivity index (χ1) is 10.3. The maximum atomic E-state index is 4.53. The lowest BCUT2D eigenvalue weighted by atomic mass is 9.80. The molecule has 0 amide bonds. The third kappa shape index (κ3) is 3.18. The van der Waals surface area contributed by atoms with Crippen molar-refractivity contribution in [3.05, 3.63) is 53.6 Å². The summed E-state index contributed by atoms with van der Waals surface area (Å²) in [6.07, 6.45) is 9.21. The molecule has 1 aromatic heterocycles. The number of aryl methyl sites for hydroxylation is 1. The second-order valence-corrected chi connectivity index (χ2v) is 6.15. The fourth-order valence-corrected chi connectivity index (χ4v) is 2.97. The Hall–Kier alpha value is -1.61. The lowest BCUT2D eigenvalue weighted by molar-refractivity contribution is 0.419. The Kier molecular flexibility index (Phi) is 4.39. The number of nitrogens with zero attached hydrogens (tertiary/aromatic N) is 2. The van der Waals surface area contributed by atoms with Crippen LogP contribution in [0.1, 0.15) is 61.4 Å². The summed E-state index contributed by atoms with van der Waals surface area (Å²) >= 11 is 0. The van der Waals surface area contributed by atoms with Crippen molar-refractivity contribution in [1.82, 2.24) is 14.9 Å². The van der Waals surface area contributed by atoms with Crippen LogP contribution < -0.4 is 5.32 Å². The van der Waals surface area contributed by atoms with Crippen LogP contribution >= 0.6 is 0 Å². The molecular weight excluding hydrogens is 258 g/mol. The lowest BCUT2D eigenvalue weighted by Crippen LogP contribution is -2.23. The molecule has 1 heterocycles. The predicted octanol–water partition coefficient (Wildman–Crippen LogP) is 3.78. The highest BCUT2D eigenvalue weighted by Gasteiger charge is 2.20. The van der Waals surface area contributed by atoms with Crippen molar-refractivity contribution in [2.75, 3.05) is 6.54 Å². The molecule has 0 spiro atoms. The Morgan fingerprint density at radius 2 is 2.05 bits per heavy atom. The van der Waals surface area contributed by atoms with E-state index in [1.807, 2.05) is 17.9 Å². The molecule has 1 unspecified atom stereocenters. The van der Waals surface area contributed by atoms with Crippen molar-refractivity contribution in [2.24, 2.45) is 7.05 Å². The molecule has 0 aliphatic heterocycles. The molecule has 0 radical (unpaired) electrons. The van der Waals surface area contributed by atoms with E-state index in [1.54, 1.807) is 0 Å². The molecule has 0 bridgehead atoms. The van der Waals surface area contributed by atoms with Crippen LogP contribution in [0.15, 0.2) is 36.8 Å². The van der Waals surface area contributed by atoms with Gasteiger partial charge in [-0.05, 0) is 42.9 Å². The largest absolute Gasteiger partial charge is 0.340 e. The van der Waals surface area contributed by atoms with Crippen LogP contribution in [0.2, 0.25) is 0 Å². The molecule has 3 heteroatoms. The minimum Gasteiger partial charge on any atom is -0.340 e. The predicted molar refractivity (Wildman–Crippen MR) is 86.4 cm³/mol. The van der Waals surface area contributed by atoms with Gasteiger partial charge in [-0.25, -0.2) is 4.98 Å². The summed E-state index contributed by atoms with van der Waals surface area (Å²) in [6.45, 7) is 3.20. The number of nitrogens with one attached hydrogen (secondary N) is 1. The summed E-state index contributed by atoms with van der Waals surface area (Å²) in [4.78, 5) is 4.53. The third-order valence-electron chi connectivity index (χ3n) is 4.47. The van der Waals surface area contributed by atoms with E-state index < -0.39 is 0 Å². The Labute approximate surface area is 127 Å². The molecule has 1 N–H and O–H groups in total. The van der Waals surface area contributed by atoms with Crippen molar-refractivity contribution in [3.8, 4) is 0 Å². The van der Waals surface area contributed by atoms with E-state index in [9.17, 15) is 0 Å². The maximum Gasteiger partial charge on any atom is 0.0947 e. The van der Waals surface area contributed by atoms with Gasteiger partial charge in [-0.2, -0.15) is 0 Å². The SMILES string of the molecule is CCCNC(c1ccc(C2CCC2)cc1)c1cn(C)cn1. The number of rotatable bonds is 6. The number of hydrogen-bond acceptors (Lipinski definition) is 2. The van der Waals surface area contributed by atoms with E-state index in [-0.39, 0.29) is 6.04 Å². The van der Waals surface area contributed by atoms with Gasteiger partial charge in [0.25, 0.3) is 0 Å². The van der Waals surface area contributed by atoms with Crippen molar-refractivity contribution in [2.45, 2.75) is 44.6 Å². The van der Waals surface area contributed by atoms with Crippen LogP contribution in [-0.4, -0.2) is 16.1 Å². The summed E-state index contributed by atoms with van der Waals surface area (Å²) in [5.41, 5.74) is 3.91. The molecule has 3 nitrogen and oxygen atoms in total. The van der Waals surface area contributed by atoms with Gasteiger partial charge in [-0.3, -0.25) is 0 Å². The second kappa shape index (κ2) is 6.44. The number of hydrogen-bond donors (Lipinski definition) is 1. The average Bonchev–Trinajstić information content (AvgIpc) is 2.85. The highest BCUT2D eigenvalue weighted by molar-refractivity contribution is 5.32. The normalized spacial score (nSPS) is 16.7. The van der Waals surface area contributed by atoms with Gasteiger partial charge < -0.3 is 9.88 Å². The lowest BCUT2D eigenvalue weighted by Gasteiger charge is -2.26. The van der Waals surface area contributed by atoms with E-state index in [0.717, 1.165) is 24.6 Å². The highest BCUT2D eigenvalue weighted by Crippen LogP contribution is 2.36. The molecule has 1 atom stereocenters. The minimum atomic E-state index is 0.196. The molecule has 1 aliphatic rings. The summed E-state index contributed by atoms with van der Waals surface area (Å²) in [7, 11) is 2.02. The average molecular weight is 283 g/mol. The molecule has 1 fully saturated rings. The second-order valence-electron chi connectivity index (χ2n) is 6.15. The van der Waals surface area contributed by atoms with Crippen LogP contribution in [0.25, 0.3) is 0 Å². The first-order valence-corrected chi connectivity index (χ1v) is 8.09. The van der Waals surface area contributed by atoms with Gasteiger partial charge >= 0.3 is 0 Å². The zero-order valence-electron chi connectivity index (χ0n) is 13.0. The van der Waals surface area contributed by atoms with Gasteiger partial charge in [0.05, 0.1) is 18.1 Å². The minimum absolute atomic E-state index is 0.196. The zero-order chi connectivity index (χ0) is 14.7. The van der Waals surface area contributed by atoms with Crippen molar-refractivity contribution in [1.29, 1.82) is 0 Å². The Balaban J connectivity index is 1.81. The molecule has 21 heavy (non-hydrogen) atoms. The van der Waals surface area contributed by atoms with Gasteiger partial charge in [0.15, 0.2) is 0 Å². The van der Waals surface area contributed by atoms with Crippen molar-refractivity contribution in [3.63, 3.8) is 0 Å². The van der Waals surface area contributed by atoms with Crippen LogP contribution in [-0.2, 0) is 7.05 Å². The summed E-state index contributed by atoms with van der Waals surface area (Å²) < 4.78 is 2.01. The monoisotopic (exact) mass is 283 g/mol. The molecular formula is C18H25N3. The number of benzene rings is 1. The Morgan fingerprint density at radius 3 is 2.57 bits per heavy atom. The van der Waals surface area contributed by atoms with E-state index in [2.05, 4.69) is 47.7 Å². The summed E-state index contributed by atoms with van der Waals surface area (Å²) in [6, 6.07) is 9.36. The molecule has 1 saturated carbocycles. The van der Waals surface area contributed by atoms with E-state index in [1.165, 1.54) is 30.4 Å². The molecule has 112 valence electrons.